The molecule has 1 aromatic heterocycles. The number of rotatable bonds is 10. The first-order valence-electron chi connectivity index (χ1n) is 13.1. The van der Waals surface area contributed by atoms with E-state index in [4.69, 9.17) is 4.52 Å². The molecule has 2 aromatic carbocycles. The molecule has 1 atom stereocenters. The first kappa shape index (κ1) is 28.8. The number of halogens is 3. The van der Waals surface area contributed by atoms with Gasteiger partial charge in [0.05, 0.1) is 11.3 Å². The number of hydrogen-bond acceptors (Lipinski definition) is 6. The van der Waals surface area contributed by atoms with E-state index in [-0.39, 0.29) is 23.1 Å². The predicted octanol–water partition coefficient (Wildman–Crippen LogP) is 7.52. The summed E-state index contributed by atoms with van der Waals surface area (Å²) in [4.78, 5) is 20.8. The third kappa shape index (κ3) is 7.67. The summed E-state index contributed by atoms with van der Waals surface area (Å²) in [5.41, 5.74) is 2.21. The number of anilines is 4. The largest absolute Gasteiger partial charge is 0.421 e. The summed E-state index contributed by atoms with van der Waals surface area (Å²) in [5, 5.41) is 8.33. The van der Waals surface area contributed by atoms with Crippen LogP contribution < -0.4 is 16.0 Å². The van der Waals surface area contributed by atoms with Gasteiger partial charge in [0, 0.05) is 40.5 Å². The minimum Gasteiger partial charge on any atom is -0.362 e. The monoisotopic (exact) mass is 559 g/mol. The van der Waals surface area contributed by atoms with Crippen molar-refractivity contribution in [1.29, 1.82) is 0 Å². The lowest BCUT2D eigenvalue weighted by Gasteiger charge is -2.23. The number of nitrogens with zero attached hydrogens (tertiary/aromatic N) is 2. The van der Waals surface area contributed by atoms with Crippen LogP contribution in [0.1, 0.15) is 72.0 Å². The van der Waals surface area contributed by atoms with Gasteiger partial charge in [0.2, 0.25) is 5.95 Å². The number of carbonyl (C=O) groups is 1. The van der Waals surface area contributed by atoms with Crippen LogP contribution in [0.25, 0.3) is 0 Å². The van der Waals surface area contributed by atoms with Gasteiger partial charge in [-0.1, -0.05) is 37.5 Å². The second-order valence-electron chi connectivity index (χ2n) is 9.37. The Morgan fingerprint density at radius 3 is 2.49 bits per heavy atom. The average Bonchev–Trinajstić information content (AvgIpc) is 2.94. The molecule has 1 heterocycles. The maximum Gasteiger partial charge on any atom is 0.421 e. The van der Waals surface area contributed by atoms with Crippen molar-refractivity contribution in [2.45, 2.75) is 57.3 Å². The van der Waals surface area contributed by atoms with Crippen molar-refractivity contribution >= 4 is 37.9 Å². The zero-order valence-electron chi connectivity index (χ0n) is 22.0. The normalized spacial score (nSPS) is 14.5. The lowest BCUT2D eigenvalue weighted by Crippen LogP contribution is -2.20. The SMILES string of the molecule is CCOPCc1ccc(Nc2ncc(C(F)(F)F)c(Nc3ccc(C4CCCCC4)cc3C(=O)NC)n2)cc1. The highest BCUT2D eigenvalue weighted by atomic mass is 31.1. The number of carbonyl (C=O) groups excluding carboxylic acids is 1. The van der Waals surface area contributed by atoms with Gasteiger partial charge in [-0.3, -0.25) is 4.79 Å². The molecule has 4 rings (SSSR count). The molecule has 1 unspecified atom stereocenters. The molecule has 3 N–H and O–H groups in total. The number of nitrogens with one attached hydrogen (secondary N) is 3. The Bertz CT molecular complexity index is 1270. The number of hydrogen-bond donors (Lipinski definition) is 3. The van der Waals surface area contributed by atoms with E-state index in [1.165, 1.54) is 13.5 Å². The molecule has 1 saturated carbocycles. The van der Waals surface area contributed by atoms with E-state index in [1.807, 2.05) is 37.3 Å². The van der Waals surface area contributed by atoms with E-state index in [2.05, 4.69) is 25.9 Å². The Morgan fingerprint density at radius 2 is 1.82 bits per heavy atom. The Hall–Kier alpha value is -3.23. The third-order valence-corrected chi connectivity index (χ3v) is 7.72. The van der Waals surface area contributed by atoms with Crippen molar-refractivity contribution in [3.8, 4) is 0 Å². The fourth-order valence-electron chi connectivity index (χ4n) is 4.63. The first-order valence-corrected chi connectivity index (χ1v) is 14.2. The highest BCUT2D eigenvalue weighted by Crippen LogP contribution is 2.38. The molecule has 3 aromatic rings. The van der Waals surface area contributed by atoms with E-state index in [0.717, 1.165) is 49.2 Å². The van der Waals surface area contributed by atoms with Crippen LogP contribution >= 0.6 is 8.81 Å². The topological polar surface area (TPSA) is 88.2 Å². The lowest BCUT2D eigenvalue weighted by atomic mass is 9.83. The van der Waals surface area contributed by atoms with Crippen molar-refractivity contribution in [3.05, 3.63) is 70.9 Å². The van der Waals surface area contributed by atoms with Crippen LogP contribution in [-0.2, 0) is 16.9 Å². The van der Waals surface area contributed by atoms with Gasteiger partial charge in [-0.2, -0.15) is 18.2 Å². The Kier molecular flexibility index (Phi) is 9.75. The van der Waals surface area contributed by atoms with Crippen LogP contribution in [0.15, 0.2) is 48.7 Å². The van der Waals surface area contributed by atoms with Crippen molar-refractivity contribution in [2.24, 2.45) is 0 Å². The molecule has 11 heteroatoms. The summed E-state index contributed by atoms with van der Waals surface area (Å²) in [6.07, 6.45) is 2.35. The highest BCUT2D eigenvalue weighted by Gasteiger charge is 2.35. The molecule has 0 saturated heterocycles. The van der Waals surface area contributed by atoms with Crippen LogP contribution in [0.3, 0.4) is 0 Å². The predicted molar refractivity (Wildman–Crippen MR) is 149 cm³/mol. The van der Waals surface area contributed by atoms with Gasteiger partial charge in [-0.05, 0) is 61.1 Å². The Labute approximate surface area is 228 Å². The van der Waals surface area contributed by atoms with E-state index >= 15 is 0 Å². The second kappa shape index (κ2) is 13.2. The zero-order chi connectivity index (χ0) is 27.8. The molecule has 0 aliphatic heterocycles. The number of benzene rings is 2. The van der Waals surface area contributed by atoms with Gasteiger partial charge in [0.25, 0.3) is 5.91 Å². The molecule has 1 aliphatic carbocycles. The van der Waals surface area contributed by atoms with Gasteiger partial charge < -0.3 is 20.5 Å². The molecule has 0 spiro atoms. The number of amides is 1. The van der Waals surface area contributed by atoms with E-state index in [1.54, 1.807) is 12.1 Å². The maximum absolute atomic E-state index is 13.9. The van der Waals surface area contributed by atoms with Crippen molar-refractivity contribution in [3.63, 3.8) is 0 Å². The summed E-state index contributed by atoms with van der Waals surface area (Å²) in [7, 11) is 1.86. The molecule has 208 valence electrons. The molecule has 39 heavy (non-hydrogen) atoms. The first-order chi connectivity index (χ1) is 18.8. The molecule has 1 fully saturated rings. The minimum atomic E-state index is -4.70. The van der Waals surface area contributed by atoms with E-state index in [0.29, 0.717) is 27.0 Å². The molecule has 0 bridgehead atoms. The van der Waals surface area contributed by atoms with Gasteiger partial charge in [0.15, 0.2) is 0 Å². The van der Waals surface area contributed by atoms with Gasteiger partial charge in [-0.15, -0.1) is 0 Å². The van der Waals surface area contributed by atoms with Crippen LogP contribution in [0, 0.1) is 0 Å². The smallest absolute Gasteiger partial charge is 0.362 e. The summed E-state index contributed by atoms with van der Waals surface area (Å²) in [6.45, 7) is 2.61. The Balaban J connectivity index is 1.61. The van der Waals surface area contributed by atoms with Crippen molar-refractivity contribution in [1.82, 2.24) is 15.3 Å². The standard InChI is InChI=1S/C28H33F3N5O2P/c1-3-38-39-17-18-9-12-21(13-10-18)34-27-33-16-23(28(29,30)31)25(36-27)35-24-14-11-20(15-22(24)26(37)32-2)19-7-5-4-6-8-19/h9-16,19,39H,3-8,17H2,1-2H3,(H,32,37)(H2,33,34,35,36). The fraction of sp³-hybridized carbons (Fsp3) is 0.393. The quantitative estimate of drug-likeness (QED) is 0.176. The van der Waals surface area contributed by atoms with E-state index in [9.17, 15) is 18.0 Å². The summed E-state index contributed by atoms with van der Waals surface area (Å²) < 4.78 is 47.1. The average molecular weight is 560 g/mol. The van der Waals surface area contributed by atoms with Crippen LogP contribution in [-0.4, -0.2) is 29.5 Å². The van der Waals surface area contributed by atoms with Crippen LogP contribution in [0.2, 0.25) is 0 Å². The summed E-state index contributed by atoms with van der Waals surface area (Å²) >= 11 is 0. The second-order valence-corrected chi connectivity index (χ2v) is 10.3. The zero-order valence-corrected chi connectivity index (χ0v) is 23.0. The third-order valence-electron chi connectivity index (χ3n) is 6.67. The summed E-state index contributed by atoms with van der Waals surface area (Å²) in [6, 6.07) is 12.8. The number of aromatic nitrogens is 2. The molecule has 7 nitrogen and oxygen atoms in total. The minimum absolute atomic E-state index is 0.00485. The molecule has 0 radical (unpaired) electrons. The summed E-state index contributed by atoms with van der Waals surface area (Å²) in [5.74, 6) is -0.496. The van der Waals surface area contributed by atoms with Crippen LogP contribution in [0.4, 0.5) is 36.3 Å². The molecule has 1 aliphatic rings. The van der Waals surface area contributed by atoms with E-state index < -0.39 is 17.6 Å². The molecule has 1 amide bonds. The lowest BCUT2D eigenvalue weighted by molar-refractivity contribution is -0.137. The van der Waals surface area contributed by atoms with Crippen LogP contribution in [0.5, 0.6) is 0 Å². The number of alkyl halides is 3. The maximum atomic E-state index is 13.9. The van der Waals surface area contributed by atoms with Gasteiger partial charge >= 0.3 is 6.18 Å². The molecular weight excluding hydrogens is 526 g/mol. The molecular formula is C28H33F3N5O2P. The highest BCUT2D eigenvalue weighted by molar-refractivity contribution is 7.31. The fourth-order valence-corrected chi connectivity index (χ4v) is 5.34. The Morgan fingerprint density at radius 1 is 1.08 bits per heavy atom. The van der Waals surface area contributed by atoms with Crippen molar-refractivity contribution in [2.75, 3.05) is 24.3 Å². The van der Waals surface area contributed by atoms with Gasteiger partial charge in [-0.25, -0.2) is 4.98 Å². The van der Waals surface area contributed by atoms with Crippen molar-refractivity contribution < 1.29 is 22.5 Å². The van der Waals surface area contributed by atoms with Gasteiger partial charge in [0.1, 0.15) is 11.4 Å².